The minimum atomic E-state index is 0.363. The maximum absolute atomic E-state index is 6.00. The van der Waals surface area contributed by atoms with Crippen LogP contribution in [-0.2, 0) is 4.74 Å². The Morgan fingerprint density at radius 2 is 1.95 bits per heavy atom. The van der Waals surface area contributed by atoms with Crippen molar-refractivity contribution in [2.45, 2.75) is 39.2 Å². The standard InChI is InChI=1S/C17H27NO/c1-13(2)11-18-12-16-9-10-19-17(16)14(3)15-7-5-4-6-8-15/h4-8,13-14,16-18H,9-12H2,1-3H3. The zero-order chi connectivity index (χ0) is 13.7. The summed E-state index contributed by atoms with van der Waals surface area (Å²) in [6.45, 7) is 9.89. The lowest BCUT2D eigenvalue weighted by Crippen LogP contribution is -2.33. The van der Waals surface area contributed by atoms with Gasteiger partial charge in [-0.15, -0.1) is 0 Å². The number of benzene rings is 1. The molecule has 1 aliphatic rings. The lowest BCUT2D eigenvalue weighted by atomic mass is 9.87. The first-order chi connectivity index (χ1) is 9.18. The van der Waals surface area contributed by atoms with Gasteiger partial charge in [-0.05, 0) is 24.4 Å². The molecule has 1 saturated heterocycles. The van der Waals surface area contributed by atoms with Crippen LogP contribution in [0.3, 0.4) is 0 Å². The van der Waals surface area contributed by atoms with Crippen LogP contribution in [0.25, 0.3) is 0 Å². The molecule has 3 atom stereocenters. The number of ether oxygens (including phenoxy) is 1. The molecule has 19 heavy (non-hydrogen) atoms. The average molecular weight is 261 g/mol. The predicted octanol–water partition coefficient (Wildman–Crippen LogP) is 3.44. The van der Waals surface area contributed by atoms with Crippen LogP contribution in [0.2, 0.25) is 0 Å². The fraction of sp³-hybridized carbons (Fsp3) is 0.647. The summed E-state index contributed by atoms with van der Waals surface area (Å²) in [6.07, 6.45) is 1.55. The topological polar surface area (TPSA) is 21.3 Å². The molecule has 2 rings (SSSR count). The molecule has 106 valence electrons. The number of nitrogens with one attached hydrogen (secondary N) is 1. The van der Waals surface area contributed by atoms with E-state index in [-0.39, 0.29) is 0 Å². The molecule has 1 heterocycles. The van der Waals surface area contributed by atoms with Crippen molar-refractivity contribution in [2.75, 3.05) is 19.7 Å². The summed E-state index contributed by atoms with van der Waals surface area (Å²) in [7, 11) is 0. The van der Waals surface area contributed by atoms with Crippen LogP contribution in [0.1, 0.15) is 38.7 Å². The highest BCUT2D eigenvalue weighted by Crippen LogP contribution is 2.32. The highest BCUT2D eigenvalue weighted by Gasteiger charge is 2.32. The van der Waals surface area contributed by atoms with E-state index in [4.69, 9.17) is 4.74 Å². The Bertz CT molecular complexity index is 363. The van der Waals surface area contributed by atoms with Gasteiger partial charge in [0.1, 0.15) is 0 Å². The zero-order valence-electron chi connectivity index (χ0n) is 12.4. The van der Waals surface area contributed by atoms with Crippen molar-refractivity contribution < 1.29 is 4.74 Å². The van der Waals surface area contributed by atoms with Gasteiger partial charge in [0.25, 0.3) is 0 Å². The second-order valence-corrected chi connectivity index (χ2v) is 6.14. The lowest BCUT2D eigenvalue weighted by molar-refractivity contribution is 0.0717. The van der Waals surface area contributed by atoms with Crippen molar-refractivity contribution in [1.82, 2.24) is 5.32 Å². The minimum absolute atomic E-state index is 0.363. The maximum Gasteiger partial charge on any atom is 0.0681 e. The van der Waals surface area contributed by atoms with Crippen LogP contribution < -0.4 is 5.32 Å². The molecular formula is C17H27NO. The van der Waals surface area contributed by atoms with E-state index < -0.39 is 0 Å². The van der Waals surface area contributed by atoms with Gasteiger partial charge < -0.3 is 10.1 Å². The number of hydrogen-bond donors (Lipinski definition) is 1. The third kappa shape index (κ3) is 4.05. The van der Waals surface area contributed by atoms with Gasteiger partial charge in [0.15, 0.2) is 0 Å². The second-order valence-electron chi connectivity index (χ2n) is 6.14. The van der Waals surface area contributed by atoms with E-state index in [2.05, 4.69) is 56.4 Å². The molecule has 0 bridgehead atoms. The maximum atomic E-state index is 6.00. The van der Waals surface area contributed by atoms with Crippen LogP contribution in [-0.4, -0.2) is 25.8 Å². The molecule has 3 unspecified atom stereocenters. The van der Waals surface area contributed by atoms with Crippen LogP contribution in [0.4, 0.5) is 0 Å². The van der Waals surface area contributed by atoms with E-state index in [0.717, 1.165) is 19.7 Å². The van der Waals surface area contributed by atoms with Crippen LogP contribution in [0, 0.1) is 11.8 Å². The smallest absolute Gasteiger partial charge is 0.0681 e. The molecule has 1 N–H and O–H groups in total. The normalized spacial score (nSPS) is 24.8. The third-order valence-corrected chi connectivity index (χ3v) is 4.04. The van der Waals surface area contributed by atoms with E-state index in [1.54, 1.807) is 0 Å². The quantitative estimate of drug-likeness (QED) is 0.847. The molecule has 1 aliphatic heterocycles. The van der Waals surface area contributed by atoms with Crippen molar-refractivity contribution >= 4 is 0 Å². The van der Waals surface area contributed by atoms with Crippen LogP contribution >= 0.6 is 0 Å². The molecule has 0 amide bonds. The van der Waals surface area contributed by atoms with Gasteiger partial charge >= 0.3 is 0 Å². The monoisotopic (exact) mass is 261 g/mol. The van der Waals surface area contributed by atoms with E-state index in [1.807, 2.05) is 0 Å². The van der Waals surface area contributed by atoms with E-state index in [1.165, 1.54) is 12.0 Å². The second kappa shape index (κ2) is 7.06. The van der Waals surface area contributed by atoms with Gasteiger partial charge in [0.05, 0.1) is 6.10 Å². The molecule has 1 aromatic rings. The zero-order valence-corrected chi connectivity index (χ0v) is 12.4. The summed E-state index contributed by atoms with van der Waals surface area (Å²) < 4.78 is 6.00. The van der Waals surface area contributed by atoms with Gasteiger partial charge in [-0.3, -0.25) is 0 Å². The van der Waals surface area contributed by atoms with Crippen molar-refractivity contribution in [2.24, 2.45) is 11.8 Å². The molecule has 0 aromatic heterocycles. The van der Waals surface area contributed by atoms with Crippen LogP contribution in [0.5, 0.6) is 0 Å². The summed E-state index contributed by atoms with van der Waals surface area (Å²) in [5.74, 6) is 1.84. The fourth-order valence-corrected chi connectivity index (χ4v) is 2.93. The average Bonchev–Trinajstić information content (AvgIpc) is 2.87. The first-order valence-corrected chi connectivity index (χ1v) is 7.55. The lowest BCUT2D eigenvalue weighted by Gasteiger charge is -2.25. The van der Waals surface area contributed by atoms with Crippen molar-refractivity contribution in [3.05, 3.63) is 35.9 Å². The number of hydrogen-bond acceptors (Lipinski definition) is 2. The molecule has 1 fully saturated rings. The first-order valence-electron chi connectivity index (χ1n) is 7.55. The Balaban J connectivity index is 1.91. The summed E-state index contributed by atoms with van der Waals surface area (Å²) in [4.78, 5) is 0. The highest BCUT2D eigenvalue weighted by molar-refractivity contribution is 5.20. The Morgan fingerprint density at radius 1 is 1.21 bits per heavy atom. The summed E-state index contributed by atoms with van der Waals surface area (Å²) in [6, 6.07) is 10.7. The fourth-order valence-electron chi connectivity index (χ4n) is 2.93. The summed E-state index contributed by atoms with van der Waals surface area (Å²) in [5.41, 5.74) is 1.39. The SMILES string of the molecule is CC(C)CNCC1CCOC1C(C)c1ccccc1. The van der Waals surface area contributed by atoms with Gasteiger partial charge in [-0.25, -0.2) is 0 Å². The van der Waals surface area contributed by atoms with Crippen molar-refractivity contribution in [3.63, 3.8) is 0 Å². The Labute approximate surface area is 117 Å². The Kier molecular flexibility index (Phi) is 5.41. The van der Waals surface area contributed by atoms with E-state index in [9.17, 15) is 0 Å². The summed E-state index contributed by atoms with van der Waals surface area (Å²) in [5, 5.41) is 3.58. The third-order valence-electron chi connectivity index (χ3n) is 4.04. The molecule has 2 heteroatoms. The van der Waals surface area contributed by atoms with E-state index >= 15 is 0 Å². The van der Waals surface area contributed by atoms with E-state index in [0.29, 0.717) is 23.9 Å². The first kappa shape index (κ1) is 14.5. The molecule has 0 saturated carbocycles. The van der Waals surface area contributed by atoms with Crippen molar-refractivity contribution in [1.29, 1.82) is 0 Å². The van der Waals surface area contributed by atoms with Gasteiger partial charge in [-0.1, -0.05) is 51.1 Å². The highest BCUT2D eigenvalue weighted by atomic mass is 16.5. The molecular weight excluding hydrogens is 234 g/mol. The van der Waals surface area contributed by atoms with Gasteiger partial charge in [0.2, 0.25) is 0 Å². The molecule has 0 spiro atoms. The molecule has 0 aliphatic carbocycles. The number of rotatable bonds is 6. The summed E-state index contributed by atoms with van der Waals surface area (Å²) >= 11 is 0. The van der Waals surface area contributed by atoms with Gasteiger partial charge in [0, 0.05) is 25.0 Å². The molecule has 2 nitrogen and oxygen atoms in total. The Hall–Kier alpha value is -0.860. The van der Waals surface area contributed by atoms with Crippen LogP contribution in [0.15, 0.2) is 30.3 Å². The van der Waals surface area contributed by atoms with Gasteiger partial charge in [-0.2, -0.15) is 0 Å². The van der Waals surface area contributed by atoms with Crippen molar-refractivity contribution in [3.8, 4) is 0 Å². The molecule has 1 aromatic carbocycles. The predicted molar refractivity (Wildman–Crippen MR) is 80.4 cm³/mol. The Morgan fingerprint density at radius 3 is 2.63 bits per heavy atom. The minimum Gasteiger partial charge on any atom is -0.377 e. The largest absolute Gasteiger partial charge is 0.377 e. The molecule has 0 radical (unpaired) electrons.